The molecule has 1 heterocycles. The first-order valence-electron chi connectivity index (χ1n) is 7.18. The molecule has 1 saturated carbocycles. The first kappa shape index (κ1) is 13.3. The van der Waals surface area contributed by atoms with E-state index in [-0.39, 0.29) is 0 Å². The third-order valence-corrected chi connectivity index (χ3v) is 3.68. The van der Waals surface area contributed by atoms with E-state index in [2.05, 4.69) is 48.2 Å². The lowest BCUT2D eigenvalue weighted by Gasteiger charge is -2.20. The number of rotatable bonds is 7. The second-order valence-corrected chi connectivity index (χ2v) is 5.20. The summed E-state index contributed by atoms with van der Waals surface area (Å²) < 4.78 is 0. The van der Waals surface area contributed by atoms with Crippen LogP contribution in [-0.4, -0.2) is 24.6 Å². The molecule has 1 aliphatic carbocycles. The average Bonchev–Trinajstić information content (AvgIpc) is 3.24. The zero-order valence-corrected chi connectivity index (χ0v) is 11.8. The quantitative estimate of drug-likeness (QED) is 0.802. The van der Waals surface area contributed by atoms with E-state index in [4.69, 9.17) is 0 Å². The van der Waals surface area contributed by atoms with Crippen molar-refractivity contribution in [3.05, 3.63) is 24.0 Å². The number of anilines is 1. The molecule has 0 bridgehead atoms. The number of pyridine rings is 1. The number of nitrogens with zero attached hydrogens (tertiary/aromatic N) is 2. The van der Waals surface area contributed by atoms with Gasteiger partial charge in [-0.1, -0.05) is 13.8 Å². The number of hydrogen-bond acceptors (Lipinski definition) is 3. The molecule has 1 aliphatic rings. The van der Waals surface area contributed by atoms with Crippen molar-refractivity contribution in [3.8, 4) is 0 Å². The first-order valence-corrected chi connectivity index (χ1v) is 7.18. The van der Waals surface area contributed by atoms with Crippen LogP contribution in [0.4, 0.5) is 5.69 Å². The highest BCUT2D eigenvalue weighted by molar-refractivity contribution is 5.46. The molecule has 1 atom stereocenters. The molecule has 1 aromatic rings. The minimum atomic E-state index is 0.394. The zero-order chi connectivity index (χ0) is 13.0. The van der Waals surface area contributed by atoms with Crippen molar-refractivity contribution in [1.82, 2.24) is 10.3 Å². The summed E-state index contributed by atoms with van der Waals surface area (Å²) in [7, 11) is 2.17. The lowest BCUT2D eigenvalue weighted by molar-refractivity contribution is 0.507. The lowest BCUT2D eigenvalue weighted by atomic mass is 10.1. The smallest absolute Gasteiger partial charge is 0.0574 e. The summed E-state index contributed by atoms with van der Waals surface area (Å²) in [6.45, 7) is 5.46. The van der Waals surface area contributed by atoms with Crippen molar-refractivity contribution in [2.75, 3.05) is 18.5 Å². The molecule has 0 amide bonds. The van der Waals surface area contributed by atoms with Crippen LogP contribution in [0.3, 0.4) is 0 Å². The number of hydrogen-bond donors (Lipinski definition) is 1. The van der Waals surface area contributed by atoms with E-state index in [9.17, 15) is 0 Å². The van der Waals surface area contributed by atoms with Gasteiger partial charge in [-0.25, -0.2) is 0 Å². The molecule has 1 unspecified atom stereocenters. The van der Waals surface area contributed by atoms with Crippen molar-refractivity contribution in [3.63, 3.8) is 0 Å². The Morgan fingerprint density at radius 1 is 1.39 bits per heavy atom. The van der Waals surface area contributed by atoms with Crippen molar-refractivity contribution in [2.24, 2.45) is 0 Å². The monoisotopic (exact) mass is 247 g/mol. The highest BCUT2D eigenvalue weighted by atomic mass is 15.2. The molecule has 1 fully saturated rings. The summed E-state index contributed by atoms with van der Waals surface area (Å²) in [5.41, 5.74) is 2.41. The molecule has 0 spiro atoms. The molecule has 0 aliphatic heterocycles. The van der Waals surface area contributed by atoms with Gasteiger partial charge in [0.1, 0.15) is 0 Å². The molecule has 1 aromatic heterocycles. The maximum atomic E-state index is 4.63. The van der Waals surface area contributed by atoms with Crippen LogP contribution in [0, 0.1) is 0 Å². The Labute approximate surface area is 111 Å². The summed E-state index contributed by atoms with van der Waals surface area (Å²) in [5, 5.41) is 3.54. The minimum Gasteiger partial charge on any atom is -0.370 e. The van der Waals surface area contributed by atoms with Crippen LogP contribution in [0.5, 0.6) is 0 Å². The van der Waals surface area contributed by atoms with Crippen molar-refractivity contribution in [1.29, 1.82) is 0 Å². The maximum absolute atomic E-state index is 4.63. The molecule has 0 radical (unpaired) electrons. The van der Waals surface area contributed by atoms with Crippen molar-refractivity contribution in [2.45, 2.75) is 51.6 Å². The Morgan fingerprint density at radius 2 is 2.17 bits per heavy atom. The minimum absolute atomic E-state index is 0.394. The molecule has 3 heteroatoms. The van der Waals surface area contributed by atoms with Crippen LogP contribution in [0.1, 0.15) is 51.3 Å². The lowest BCUT2D eigenvalue weighted by Crippen LogP contribution is -2.23. The van der Waals surface area contributed by atoms with E-state index in [1.165, 1.54) is 30.6 Å². The van der Waals surface area contributed by atoms with Crippen LogP contribution < -0.4 is 10.2 Å². The third-order valence-electron chi connectivity index (χ3n) is 3.68. The highest BCUT2D eigenvalue weighted by Gasteiger charge is 2.26. The molecule has 0 saturated heterocycles. The summed E-state index contributed by atoms with van der Waals surface area (Å²) in [6, 6.07) is 5.52. The molecule has 3 nitrogen and oxygen atoms in total. The Kier molecular flexibility index (Phi) is 4.59. The fraction of sp³-hybridized carbons (Fsp3) is 0.667. The maximum Gasteiger partial charge on any atom is 0.0574 e. The standard InChI is InChI=1S/C15H25N3/c1-4-10-16-14(5-2)15-9-8-13(11-17-15)18(3)12-6-7-12/h8-9,11-12,14,16H,4-7,10H2,1-3H3. The Balaban J connectivity index is 2.00. The van der Waals surface area contributed by atoms with E-state index >= 15 is 0 Å². The van der Waals surface area contributed by atoms with Gasteiger partial charge in [0.25, 0.3) is 0 Å². The highest BCUT2D eigenvalue weighted by Crippen LogP contribution is 2.30. The fourth-order valence-electron chi connectivity index (χ4n) is 2.26. The van der Waals surface area contributed by atoms with Gasteiger partial charge in [-0.3, -0.25) is 4.98 Å². The number of nitrogens with one attached hydrogen (secondary N) is 1. The Bertz CT molecular complexity index is 357. The normalized spacial score (nSPS) is 16.6. The molecular formula is C15H25N3. The van der Waals surface area contributed by atoms with Gasteiger partial charge in [-0.15, -0.1) is 0 Å². The van der Waals surface area contributed by atoms with Gasteiger partial charge in [-0.05, 0) is 44.4 Å². The average molecular weight is 247 g/mol. The van der Waals surface area contributed by atoms with E-state index in [0.717, 1.165) is 19.0 Å². The number of aromatic nitrogens is 1. The topological polar surface area (TPSA) is 28.2 Å². The van der Waals surface area contributed by atoms with Gasteiger partial charge in [0.05, 0.1) is 17.6 Å². The van der Waals surface area contributed by atoms with E-state index in [1.807, 2.05) is 6.20 Å². The van der Waals surface area contributed by atoms with Gasteiger partial charge >= 0.3 is 0 Å². The molecule has 1 N–H and O–H groups in total. The Morgan fingerprint density at radius 3 is 2.67 bits per heavy atom. The van der Waals surface area contributed by atoms with E-state index in [1.54, 1.807) is 0 Å². The summed E-state index contributed by atoms with van der Waals surface area (Å²) in [4.78, 5) is 6.97. The first-order chi connectivity index (χ1) is 8.76. The molecular weight excluding hydrogens is 222 g/mol. The van der Waals surface area contributed by atoms with Gasteiger partial charge in [-0.2, -0.15) is 0 Å². The van der Waals surface area contributed by atoms with Gasteiger partial charge in [0.2, 0.25) is 0 Å². The van der Waals surface area contributed by atoms with Crippen LogP contribution in [0.25, 0.3) is 0 Å². The second kappa shape index (κ2) is 6.19. The predicted molar refractivity (Wildman–Crippen MR) is 77.0 cm³/mol. The van der Waals surface area contributed by atoms with Crippen molar-refractivity contribution < 1.29 is 0 Å². The van der Waals surface area contributed by atoms with Crippen molar-refractivity contribution >= 4 is 5.69 Å². The van der Waals surface area contributed by atoms with E-state index < -0.39 is 0 Å². The summed E-state index contributed by atoms with van der Waals surface area (Å²) in [5.74, 6) is 0. The predicted octanol–water partition coefficient (Wildman–Crippen LogP) is 3.13. The van der Waals surface area contributed by atoms with Crippen LogP contribution in [0.2, 0.25) is 0 Å². The second-order valence-electron chi connectivity index (χ2n) is 5.20. The van der Waals surface area contributed by atoms with Gasteiger partial charge < -0.3 is 10.2 Å². The van der Waals surface area contributed by atoms with E-state index in [0.29, 0.717) is 6.04 Å². The van der Waals surface area contributed by atoms with Crippen LogP contribution in [0.15, 0.2) is 18.3 Å². The molecule has 100 valence electrons. The SMILES string of the molecule is CCCNC(CC)c1ccc(N(C)C2CC2)cn1. The van der Waals surface area contributed by atoms with Gasteiger partial charge in [0, 0.05) is 19.1 Å². The van der Waals surface area contributed by atoms with Crippen LogP contribution in [-0.2, 0) is 0 Å². The largest absolute Gasteiger partial charge is 0.370 e. The van der Waals surface area contributed by atoms with Crippen LogP contribution >= 0.6 is 0 Å². The summed E-state index contributed by atoms with van der Waals surface area (Å²) in [6.07, 6.45) is 6.93. The zero-order valence-electron chi connectivity index (χ0n) is 11.8. The summed E-state index contributed by atoms with van der Waals surface area (Å²) >= 11 is 0. The molecule has 18 heavy (non-hydrogen) atoms. The third kappa shape index (κ3) is 3.22. The van der Waals surface area contributed by atoms with Gasteiger partial charge in [0.15, 0.2) is 0 Å². The Hall–Kier alpha value is -1.09. The molecule has 2 rings (SSSR count). The fourth-order valence-corrected chi connectivity index (χ4v) is 2.26. The molecule has 0 aromatic carbocycles.